The zero-order chi connectivity index (χ0) is 29.6. The zero-order valence-electron chi connectivity index (χ0n) is 23.6. The second-order valence-electron chi connectivity index (χ2n) is 11.3. The van der Waals surface area contributed by atoms with Gasteiger partial charge in [0.1, 0.15) is 0 Å². The van der Waals surface area contributed by atoms with Gasteiger partial charge < -0.3 is 14.7 Å². The van der Waals surface area contributed by atoms with Crippen LogP contribution in [0.4, 0.5) is 11.4 Å². The summed E-state index contributed by atoms with van der Waals surface area (Å²) in [6, 6.07) is 18.7. The van der Waals surface area contributed by atoms with Crippen molar-refractivity contribution in [3.05, 3.63) is 101 Å². The lowest BCUT2D eigenvalue weighted by molar-refractivity contribution is -0.131. The number of hydrogen-bond acceptors (Lipinski definition) is 6. The van der Waals surface area contributed by atoms with Gasteiger partial charge in [0.2, 0.25) is 10.0 Å². The fourth-order valence-electron chi connectivity index (χ4n) is 5.39. The van der Waals surface area contributed by atoms with Crippen LogP contribution in [-0.2, 0) is 25.2 Å². The molecule has 8 nitrogen and oxygen atoms in total. The Morgan fingerprint density at radius 3 is 2.32 bits per heavy atom. The van der Waals surface area contributed by atoms with Gasteiger partial charge in [0.15, 0.2) is 5.60 Å². The molecule has 9 heteroatoms. The molecule has 2 N–H and O–H groups in total. The van der Waals surface area contributed by atoms with Gasteiger partial charge in [0.05, 0.1) is 29.5 Å². The van der Waals surface area contributed by atoms with E-state index in [2.05, 4.69) is 22.8 Å². The Bertz CT molecular complexity index is 1720. The van der Waals surface area contributed by atoms with Crippen molar-refractivity contribution < 1.29 is 23.1 Å². The minimum Gasteiger partial charge on any atom is -0.378 e. The molecule has 1 atom stereocenters. The van der Waals surface area contributed by atoms with E-state index < -0.39 is 27.1 Å². The van der Waals surface area contributed by atoms with Crippen LogP contribution in [0.2, 0.25) is 0 Å². The van der Waals surface area contributed by atoms with Crippen LogP contribution in [0, 0.1) is 0 Å². The summed E-state index contributed by atoms with van der Waals surface area (Å²) in [7, 11) is -3.79. The highest BCUT2D eigenvalue weighted by Gasteiger charge is 2.51. The standard InChI is InChI=1S/C32H35N3O5S/c1-6-28(26-16-13-24(21-22(26)2)34-17-19-40-20-18-34)35-29-10-8-7-9-27(29)32(37,30(35)36)23-11-14-25(15-12-23)41(38,39)33-31(3,4)5/h6-16,21,33,37H,1-2,17-20H2,3-5H3/b28-26+. The van der Waals surface area contributed by atoms with E-state index in [1.54, 1.807) is 51.1 Å². The molecule has 0 bridgehead atoms. The van der Waals surface area contributed by atoms with E-state index in [4.69, 9.17) is 4.74 Å². The molecule has 0 saturated carbocycles. The largest absolute Gasteiger partial charge is 0.378 e. The van der Waals surface area contributed by atoms with Crippen LogP contribution in [0.5, 0.6) is 0 Å². The maximum absolute atomic E-state index is 14.2. The summed E-state index contributed by atoms with van der Waals surface area (Å²) in [5, 5.41) is 13.5. The number of para-hydroxylation sites is 1. The molecule has 1 amide bonds. The van der Waals surface area contributed by atoms with Crippen molar-refractivity contribution >= 4 is 39.6 Å². The molecule has 214 valence electrons. The van der Waals surface area contributed by atoms with Gasteiger partial charge >= 0.3 is 0 Å². The number of rotatable bonds is 6. The van der Waals surface area contributed by atoms with Crippen molar-refractivity contribution in [1.29, 1.82) is 0 Å². The van der Waals surface area contributed by atoms with Gasteiger partial charge in [-0.1, -0.05) is 49.6 Å². The fraction of sp³-hybridized carbons (Fsp3) is 0.281. The number of nitrogens with zero attached hydrogens (tertiary/aromatic N) is 2. The Kier molecular flexibility index (Phi) is 7.42. The topological polar surface area (TPSA) is 99.2 Å². The van der Waals surface area contributed by atoms with Crippen molar-refractivity contribution in [1.82, 2.24) is 4.72 Å². The molecule has 1 saturated heterocycles. The average molecular weight is 574 g/mol. The third-order valence-electron chi connectivity index (χ3n) is 7.25. The minimum atomic E-state index is -3.79. The van der Waals surface area contributed by atoms with Gasteiger partial charge in [-0.3, -0.25) is 9.69 Å². The number of carbonyl (C=O) groups is 1. The smallest absolute Gasteiger partial charge is 0.273 e. The summed E-state index contributed by atoms with van der Waals surface area (Å²) < 4.78 is 33.8. The fourth-order valence-corrected chi connectivity index (χ4v) is 6.80. The normalized spacial score (nSPS) is 20.1. The lowest BCUT2D eigenvalue weighted by Gasteiger charge is -2.29. The molecule has 1 fully saturated rings. The summed E-state index contributed by atoms with van der Waals surface area (Å²) >= 11 is 0. The van der Waals surface area contributed by atoms with Gasteiger partial charge in [0.25, 0.3) is 5.91 Å². The molecule has 0 spiro atoms. The first-order valence-corrected chi connectivity index (χ1v) is 14.9. The predicted octanol–water partition coefficient (Wildman–Crippen LogP) is 2.59. The maximum Gasteiger partial charge on any atom is 0.273 e. The number of carbonyl (C=O) groups excluding carboxylic acids is 1. The molecule has 0 radical (unpaired) electrons. The summed E-state index contributed by atoms with van der Waals surface area (Å²) in [4.78, 5) is 17.9. The monoisotopic (exact) mass is 573 g/mol. The molecule has 3 aromatic rings. The quantitative estimate of drug-likeness (QED) is 0.471. The van der Waals surface area contributed by atoms with Crippen LogP contribution in [-0.4, -0.2) is 51.3 Å². The number of amides is 1. The second kappa shape index (κ2) is 10.6. The van der Waals surface area contributed by atoms with E-state index in [-0.39, 0.29) is 10.5 Å². The maximum atomic E-state index is 14.2. The molecule has 2 heterocycles. The van der Waals surface area contributed by atoms with Crippen molar-refractivity contribution in [2.45, 2.75) is 36.8 Å². The van der Waals surface area contributed by atoms with Crippen LogP contribution >= 0.6 is 0 Å². The highest BCUT2D eigenvalue weighted by Crippen LogP contribution is 2.46. The Balaban J connectivity index is 1.59. The summed E-state index contributed by atoms with van der Waals surface area (Å²) in [6.45, 7) is 16.4. The van der Waals surface area contributed by atoms with Crippen LogP contribution in [0.15, 0.2) is 84.3 Å². The second-order valence-corrected chi connectivity index (χ2v) is 13.0. The minimum absolute atomic E-state index is 0.0377. The van der Waals surface area contributed by atoms with E-state index in [9.17, 15) is 18.3 Å². The number of hydrogen-bond donors (Lipinski definition) is 2. The Morgan fingerprint density at radius 1 is 1.05 bits per heavy atom. The molecule has 0 aromatic heterocycles. The number of nitrogens with one attached hydrogen (secondary N) is 1. The third-order valence-corrected chi connectivity index (χ3v) is 9.02. The number of benzene rings is 3. The molecular formula is C32H35N3O5S. The summed E-state index contributed by atoms with van der Waals surface area (Å²) in [5.41, 5.74) is -0.0359. The molecule has 1 unspecified atom stereocenters. The first kappa shape index (κ1) is 28.8. The number of fused-ring (bicyclic) bond motifs is 1. The van der Waals surface area contributed by atoms with E-state index >= 15 is 0 Å². The van der Waals surface area contributed by atoms with Crippen molar-refractivity contribution in [2.24, 2.45) is 0 Å². The first-order valence-electron chi connectivity index (χ1n) is 13.5. The highest BCUT2D eigenvalue weighted by atomic mass is 32.2. The predicted molar refractivity (Wildman–Crippen MR) is 161 cm³/mol. The van der Waals surface area contributed by atoms with Crippen LogP contribution in [0.1, 0.15) is 31.9 Å². The van der Waals surface area contributed by atoms with Gasteiger partial charge in [-0.25, -0.2) is 13.1 Å². The van der Waals surface area contributed by atoms with Gasteiger partial charge in [0, 0.05) is 35.1 Å². The molecule has 2 aliphatic heterocycles. The van der Waals surface area contributed by atoms with Crippen LogP contribution in [0.3, 0.4) is 0 Å². The van der Waals surface area contributed by atoms with E-state index in [1.807, 2.05) is 18.2 Å². The number of morpholine rings is 1. The van der Waals surface area contributed by atoms with E-state index in [0.29, 0.717) is 40.6 Å². The van der Waals surface area contributed by atoms with Crippen molar-refractivity contribution in [3.8, 4) is 0 Å². The Morgan fingerprint density at radius 2 is 1.71 bits per heavy atom. The van der Waals surface area contributed by atoms with Crippen molar-refractivity contribution in [2.75, 3.05) is 36.1 Å². The third kappa shape index (κ3) is 5.22. The molecule has 2 aliphatic rings. The molecule has 3 aromatic carbocycles. The first-order chi connectivity index (χ1) is 19.4. The Labute approximate surface area is 240 Å². The van der Waals surface area contributed by atoms with Gasteiger partial charge in [-0.2, -0.15) is 0 Å². The van der Waals surface area contributed by atoms with Gasteiger partial charge in [-0.15, -0.1) is 0 Å². The lowest BCUT2D eigenvalue weighted by atomic mass is 9.87. The summed E-state index contributed by atoms with van der Waals surface area (Å²) in [6.07, 6.45) is 1.59. The van der Waals surface area contributed by atoms with Crippen LogP contribution in [0.25, 0.3) is 12.3 Å². The zero-order valence-corrected chi connectivity index (χ0v) is 24.4. The highest BCUT2D eigenvalue weighted by molar-refractivity contribution is 7.89. The average Bonchev–Trinajstić information content (AvgIpc) is 3.17. The molecule has 5 rings (SSSR count). The SMILES string of the molecule is C=C/C(=c1/ccc(N2CCOCC2)cc1=C)N1C(=O)C(O)(c2ccc(S(=O)(=O)NC(C)(C)C)cc2)c2ccccc21. The molecular weight excluding hydrogens is 538 g/mol. The number of aliphatic hydroxyl groups is 1. The van der Waals surface area contributed by atoms with E-state index in [1.165, 1.54) is 29.2 Å². The number of sulfonamides is 1. The lowest BCUT2D eigenvalue weighted by Crippen LogP contribution is -2.43. The van der Waals surface area contributed by atoms with Gasteiger partial charge in [-0.05, 0) is 68.0 Å². The van der Waals surface area contributed by atoms with E-state index in [0.717, 1.165) is 18.8 Å². The van der Waals surface area contributed by atoms with Crippen molar-refractivity contribution in [3.63, 3.8) is 0 Å². The molecule has 41 heavy (non-hydrogen) atoms. The molecule has 0 aliphatic carbocycles. The number of ether oxygens (including phenoxy) is 1. The Hall–Kier alpha value is -3.76. The summed E-state index contributed by atoms with van der Waals surface area (Å²) in [5.74, 6) is -0.589. The van der Waals surface area contributed by atoms with Crippen LogP contribution < -0.4 is 25.0 Å². The number of anilines is 2.